The number of nitrogens with one attached hydrogen (secondary N) is 1. The highest BCUT2D eigenvalue weighted by atomic mass is 19.1. The van der Waals surface area contributed by atoms with E-state index < -0.39 is 11.7 Å². The van der Waals surface area contributed by atoms with Crippen molar-refractivity contribution in [1.82, 2.24) is 20.2 Å². The number of carbonyl (C=O) groups is 1. The molecule has 0 radical (unpaired) electrons. The maximum absolute atomic E-state index is 14.2. The Morgan fingerprint density at radius 2 is 2.00 bits per heavy atom. The van der Waals surface area contributed by atoms with Gasteiger partial charge in [0.25, 0.3) is 5.91 Å². The zero-order chi connectivity index (χ0) is 18.1. The van der Waals surface area contributed by atoms with Crippen LogP contribution in [0.2, 0.25) is 0 Å². The Kier molecular flexibility index (Phi) is 3.89. The molecule has 1 aromatic heterocycles. The number of anilines is 1. The van der Waals surface area contributed by atoms with E-state index in [1.165, 1.54) is 36.4 Å². The van der Waals surface area contributed by atoms with E-state index in [9.17, 15) is 9.18 Å². The molecule has 3 aromatic rings. The first-order valence-corrected chi connectivity index (χ1v) is 8.05. The Morgan fingerprint density at radius 1 is 1.23 bits per heavy atom. The number of aromatic nitrogens is 4. The first-order chi connectivity index (χ1) is 12.7. The van der Waals surface area contributed by atoms with E-state index in [1.54, 1.807) is 10.7 Å². The van der Waals surface area contributed by atoms with Gasteiger partial charge in [-0.2, -0.15) is 9.94 Å². The number of nitrogens with zero attached hydrogens (tertiary/aromatic N) is 5. The lowest BCUT2D eigenvalue weighted by Gasteiger charge is -2.10. The number of halogens is 1. The second kappa shape index (κ2) is 6.37. The lowest BCUT2D eigenvalue weighted by molar-refractivity contribution is 0.102. The van der Waals surface area contributed by atoms with Crippen LogP contribution < -0.4 is 5.32 Å². The van der Waals surface area contributed by atoms with E-state index in [0.717, 1.165) is 18.7 Å². The minimum atomic E-state index is -0.559. The molecule has 0 unspecified atom stereocenters. The van der Waals surface area contributed by atoms with Crippen molar-refractivity contribution < 1.29 is 9.18 Å². The van der Waals surface area contributed by atoms with E-state index in [0.29, 0.717) is 22.7 Å². The average Bonchev–Trinajstić information content (AvgIpc) is 3.40. The molecule has 1 aliphatic carbocycles. The fourth-order valence-corrected chi connectivity index (χ4v) is 2.61. The molecule has 1 fully saturated rings. The van der Waals surface area contributed by atoms with Gasteiger partial charge in [0.2, 0.25) is 0 Å². The third kappa shape index (κ3) is 3.02. The van der Waals surface area contributed by atoms with Gasteiger partial charge < -0.3 is 5.32 Å². The molecule has 0 spiro atoms. The van der Waals surface area contributed by atoms with Crippen LogP contribution in [0.25, 0.3) is 5.69 Å². The predicted octanol–water partition coefficient (Wildman–Crippen LogP) is 2.80. The molecule has 26 heavy (non-hydrogen) atoms. The van der Waals surface area contributed by atoms with Crippen molar-refractivity contribution in [2.45, 2.75) is 18.8 Å². The van der Waals surface area contributed by atoms with Crippen molar-refractivity contribution >= 4 is 11.6 Å². The molecule has 0 bridgehead atoms. The smallest absolute Gasteiger partial charge is 0.255 e. The summed E-state index contributed by atoms with van der Waals surface area (Å²) in [4.78, 5) is 12.3. The molecule has 1 aliphatic rings. The molecule has 1 N–H and O–H groups in total. The maximum atomic E-state index is 14.2. The Labute approximate surface area is 148 Å². The molecule has 128 valence electrons. The summed E-state index contributed by atoms with van der Waals surface area (Å²) in [7, 11) is 0. The minimum absolute atomic E-state index is 0.0362. The van der Waals surface area contributed by atoms with Crippen molar-refractivity contribution in [1.29, 1.82) is 5.26 Å². The number of amides is 1. The van der Waals surface area contributed by atoms with Crippen LogP contribution in [-0.4, -0.2) is 26.1 Å². The standard InChI is InChI=1S/C18H13FN6O/c19-15-8-7-14(25-17(12-5-6-12)22-23-24-25)9-16(15)21-18(26)13-3-1-11(10-20)2-4-13/h1-4,7-9,12H,5-6H2,(H,21,26). The second-order valence-electron chi connectivity index (χ2n) is 6.03. The zero-order valence-corrected chi connectivity index (χ0v) is 13.6. The molecule has 4 rings (SSSR count). The van der Waals surface area contributed by atoms with Crippen LogP contribution >= 0.6 is 0 Å². The third-order valence-electron chi connectivity index (χ3n) is 4.16. The average molecular weight is 348 g/mol. The van der Waals surface area contributed by atoms with Crippen molar-refractivity contribution in [2.75, 3.05) is 5.32 Å². The van der Waals surface area contributed by atoms with Crippen LogP contribution in [0.15, 0.2) is 42.5 Å². The SMILES string of the molecule is N#Cc1ccc(C(=O)Nc2cc(-n3nnnc3C3CC3)ccc2F)cc1. The highest BCUT2D eigenvalue weighted by molar-refractivity contribution is 6.04. The normalized spacial score (nSPS) is 13.2. The van der Waals surface area contributed by atoms with Gasteiger partial charge >= 0.3 is 0 Å². The van der Waals surface area contributed by atoms with Gasteiger partial charge in [0, 0.05) is 11.5 Å². The van der Waals surface area contributed by atoms with Crippen LogP contribution in [0.1, 0.15) is 40.5 Å². The van der Waals surface area contributed by atoms with Crippen molar-refractivity contribution in [2.24, 2.45) is 0 Å². The largest absolute Gasteiger partial charge is 0.319 e. The topological polar surface area (TPSA) is 96.5 Å². The van der Waals surface area contributed by atoms with Crippen molar-refractivity contribution in [3.8, 4) is 11.8 Å². The number of carbonyl (C=O) groups excluding carboxylic acids is 1. The fraction of sp³-hybridized carbons (Fsp3) is 0.167. The fourth-order valence-electron chi connectivity index (χ4n) is 2.61. The maximum Gasteiger partial charge on any atom is 0.255 e. The summed E-state index contributed by atoms with van der Waals surface area (Å²) in [6, 6.07) is 12.4. The molecule has 0 saturated heterocycles. The molecular formula is C18H13FN6O. The summed E-state index contributed by atoms with van der Waals surface area (Å²) in [6.45, 7) is 0. The number of rotatable bonds is 4. The number of tetrazole rings is 1. The predicted molar refractivity (Wildman–Crippen MR) is 90.2 cm³/mol. The highest BCUT2D eigenvalue weighted by Gasteiger charge is 2.30. The molecule has 8 heteroatoms. The summed E-state index contributed by atoms with van der Waals surface area (Å²) in [5.74, 6) is 0.0363. The van der Waals surface area contributed by atoms with Crippen LogP contribution in [0.3, 0.4) is 0 Å². The summed E-state index contributed by atoms with van der Waals surface area (Å²) in [5.41, 5.74) is 1.39. The van der Waals surface area contributed by atoms with E-state index in [1.807, 2.05) is 6.07 Å². The van der Waals surface area contributed by atoms with Crippen molar-refractivity contribution in [3.63, 3.8) is 0 Å². The van der Waals surface area contributed by atoms with Gasteiger partial charge in [0.15, 0.2) is 5.82 Å². The zero-order valence-electron chi connectivity index (χ0n) is 13.6. The molecule has 2 aromatic carbocycles. The molecule has 0 atom stereocenters. The van der Waals surface area contributed by atoms with E-state index >= 15 is 0 Å². The Balaban J connectivity index is 1.61. The first-order valence-electron chi connectivity index (χ1n) is 8.05. The van der Waals surface area contributed by atoms with Crippen LogP contribution in [0.4, 0.5) is 10.1 Å². The van der Waals surface area contributed by atoms with Gasteiger partial charge in [-0.15, -0.1) is 5.10 Å². The summed E-state index contributed by atoms with van der Waals surface area (Å²) < 4.78 is 15.7. The Hall–Kier alpha value is -3.60. The first kappa shape index (κ1) is 15.9. The molecule has 1 heterocycles. The van der Waals surface area contributed by atoms with Crippen LogP contribution in [0, 0.1) is 17.1 Å². The van der Waals surface area contributed by atoms with Gasteiger partial charge in [0.1, 0.15) is 5.82 Å². The lowest BCUT2D eigenvalue weighted by Crippen LogP contribution is -2.13. The molecule has 1 saturated carbocycles. The Morgan fingerprint density at radius 3 is 2.69 bits per heavy atom. The van der Waals surface area contributed by atoms with Gasteiger partial charge in [0.05, 0.1) is 23.0 Å². The Bertz CT molecular complexity index is 1020. The summed E-state index contributed by atoms with van der Waals surface area (Å²) >= 11 is 0. The second-order valence-corrected chi connectivity index (χ2v) is 6.03. The molecule has 1 amide bonds. The van der Waals surface area contributed by atoms with Crippen molar-refractivity contribution in [3.05, 3.63) is 65.2 Å². The van der Waals surface area contributed by atoms with Gasteiger partial charge in [-0.25, -0.2) is 4.39 Å². The van der Waals surface area contributed by atoms with Gasteiger partial charge in [-0.1, -0.05) is 0 Å². The summed E-state index contributed by atoms with van der Waals surface area (Å²) in [5, 5.41) is 23.0. The number of hydrogen-bond donors (Lipinski definition) is 1. The van der Waals surface area contributed by atoms with E-state index in [4.69, 9.17) is 5.26 Å². The van der Waals surface area contributed by atoms with E-state index in [2.05, 4.69) is 20.8 Å². The van der Waals surface area contributed by atoms with Crippen LogP contribution in [-0.2, 0) is 0 Å². The number of benzene rings is 2. The minimum Gasteiger partial charge on any atom is -0.319 e. The number of hydrogen-bond acceptors (Lipinski definition) is 5. The third-order valence-corrected chi connectivity index (χ3v) is 4.16. The highest BCUT2D eigenvalue weighted by Crippen LogP contribution is 2.39. The summed E-state index contributed by atoms with van der Waals surface area (Å²) in [6.07, 6.45) is 2.06. The molecular weight excluding hydrogens is 335 g/mol. The monoisotopic (exact) mass is 348 g/mol. The van der Waals surface area contributed by atoms with E-state index in [-0.39, 0.29) is 5.69 Å². The van der Waals surface area contributed by atoms with Crippen LogP contribution in [0.5, 0.6) is 0 Å². The lowest BCUT2D eigenvalue weighted by atomic mass is 10.1. The van der Waals surface area contributed by atoms with Gasteiger partial charge in [-0.05, 0) is 65.7 Å². The number of nitriles is 1. The quantitative estimate of drug-likeness (QED) is 0.782. The molecule has 7 nitrogen and oxygen atoms in total. The van der Waals surface area contributed by atoms with Gasteiger partial charge in [-0.3, -0.25) is 4.79 Å². The molecule has 0 aliphatic heterocycles.